The molecule has 4 rings (SSSR count). The van der Waals surface area contributed by atoms with Gasteiger partial charge in [-0.2, -0.15) is 0 Å². The van der Waals surface area contributed by atoms with Crippen LogP contribution in [0.15, 0.2) is 0 Å². The minimum atomic E-state index is 0.0480. The summed E-state index contributed by atoms with van der Waals surface area (Å²) < 4.78 is 11.7. The van der Waals surface area contributed by atoms with Gasteiger partial charge in [-0.25, -0.2) is 0 Å². The number of carbonyl (C=O) groups is 1. The van der Waals surface area contributed by atoms with Crippen LogP contribution in [0.25, 0.3) is 0 Å². The first kappa shape index (κ1) is 12.5. The molecule has 0 aromatic heterocycles. The molecule has 4 fully saturated rings. The first-order valence-corrected chi connectivity index (χ1v) is 7.60. The number of hydrogen-bond acceptors (Lipinski definition) is 3. The van der Waals surface area contributed by atoms with Gasteiger partial charge in [-0.1, -0.05) is 19.8 Å². The van der Waals surface area contributed by atoms with Crippen LogP contribution in [0.3, 0.4) is 0 Å². The van der Waals surface area contributed by atoms with Crippen molar-refractivity contribution in [2.75, 3.05) is 6.61 Å². The zero-order valence-corrected chi connectivity index (χ0v) is 11.3. The molecule has 0 N–H and O–H groups in total. The Morgan fingerprint density at radius 3 is 2.94 bits per heavy atom. The van der Waals surface area contributed by atoms with E-state index in [1.165, 1.54) is 19.3 Å². The first-order valence-electron chi connectivity index (χ1n) is 7.60. The van der Waals surface area contributed by atoms with Gasteiger partial charge in [0.1, 0.15) is 6.10 Å². The number of unbranched alkanes of at least 4 members (excludes halogenated alkanes) is 2. The molecular formula is C15H24O3. The molecule has 2 aliphatic heterocycles. The van der Waals surface area contributed by atoms with Gasteiger partial charge in [0.2, 0.25) is 0 Å². The van der Waals surface area contributed by atoms with E-state index >= 15 is 0 Å². The fourth-order valence-electron chi connectivity index (χ4n) is 4.08. The molecule has 2 heterocycles. The number of fused-ring (bicyclic) bond motifs is 1. The summed E-state index contributed by atoms with van der Waals surface area (Å²) in [6.45, 7) is 3.04. The molecule has 2 saturated heterocycles. The molecule has 0 amide bonds. The van der Waals surface area contributed by atoms with Crippen LogP contribution in [0.5, 0.6) is 0 Å². The Hall–Kier alpha value is -0.570. The van der Waals surface area contributed by atoms with Gasteiger partial charge in [-0.05, 0) is 43.9 Å². The molecule has 102 valence electrons. The van der Waals surface area contributed by atoms with Gasteiger partial charge < -0.3 is 9.47 Å². The number of carbonyl (C=O) groups excluding carboxylic acids is 1. The topological polar surface area (TPSA) is 35.5 Å². The quantitative estimate of drug-likeness (QED) is 0.557. The highest BCUT2D eigenvalue weighted by Crippen LogP contribution is 2.48. The third-order valence-electron chi connectivity index (χ3n) is 4.90. The van der Waals surface area contributed by atoms with E-state index in [9.17, 15) is 4.79 Å². The summed E-state index contributed by atoms with van der Waals surface area (Å²) in [5.74, 6) is 1.50. The van der Waals surface area contributed by atoms with Crippen molar-refractivity contribution in [2.24, 2.45) is 17.8 Å². The minimum Gasteiger partial charge on any atom is -0.459 e. The molecule has 0 aromatic rings. The maximum atomic E-state index is 11.9. The number of rotatable bonds is 5. The normalized spacial score (nSPS) is 41.8. The maximum Gasteiger partial charge on any atom is 0.309 e. The lowest BCUT2D eigenvalue weighted by Gasteiger charge is -2.41. The van der Waals surface area contributed by atoms with Crippen LogP contribution in [0.4, 0.5) is 0 Å². The molecule has 18 heavy (non-hydrogen) atoms. The van der Waals surface area contributed by atoms with E-state index < -0.39 is 0 Å². The SMILES string of the molecule is CCCCCOC1C2CC3CC(C2)C(=O)OC1C3. The molecule has 5 unspecified atom stereocenters. The van der Waals surface area contributed by atoms with Crippen LogP contribution < -0.4 is 0 Å². The third-order valence-corrected chi connectivity index (χ3v) is 4.90. The lowest BCUT2D eigenvalue weighted by molar-refractivity contribution is -0.159. The van der Waals surface area contributed by atoms with Gasteiger partial charge in [-0.3, -0.25) is 4.79 Å². The van der Waals surface area contributed by atoms with E-state index in [-0.39, 0.29) is 24.1 Å². The number of esters is 1. The maximum absolute atomic E-state index is 11.9. The van der Waals surface area contributed by atoms with Gasteiger partial charge in [0.25, 0.3) is 0 Å². The average Bonchev–Trinajstić information content (AvgIpc) is 2.51. The molecule has 3 heteroatoms. The fourth-order valence-corrected chi connectivity index (χ4v) is 4.08. The van der Waals surface area contributed by atoms with Crippen LogP contribution in [-0.4, -0.2) is 24.8 Å². The minimum absolute atomic E-state index is 0.0480. The van der Waals surface area contributed by atoms with Crippen LogP contribution in [0.1, 0.15) is 51.9 Å². The summed E-state index contributed by atoms with van der Waals surface area (Å²) in [4.78, 5) is 11.9. The second-order valence-electron chi connectivity index (χ2n) is 6.28. The van der Waals surface area contributed by atoms with E-state index in [0.29, 0.717) is 11.8 Å². The summed E-state index contributed by atoms with van der Waals surface area (Å²) in [6.07, 6.45) is 8.18. The van der Waals surface area contributed by atoms with Crippen molar-refractivity contribution in [2.45, 2.75) is 64.1 Å². The Morgan fingerprint density at radius 1 is 1.22 bits per heavy atom. The average molecular weight is 252 g/mol. The largest absolute Gasteiger partial charge is 0.459 e. The van der Waals surface area contributed by atoms with E-state index in [1.54, 1.807) is 0 Å². The van der Waals surface area contributed by atoms with Gasteiger partial charge in [0.05, 0.1) is 12.0 Å². The second-order valence-corrected chi connectivity index (χ2v) is 6.28. The van der Waals surface area contributed by atoms with Crippen molar-refractivity contribution < 1.29 is 14.3 Å². The monoisotopic (exact) mass is 252 g/mol. The second kappa shape index (κ2) is 5.20. The molecule has 4 aliphatic rings. The van der Waals surface area contributed by atoms with Crippen LogP contribution in [-0.2, 0) is 14.3 Å². The molecule has 3 nitrogen and oxygen atoms in total. The molecule has 2 aliphatic carbocycles. The molecule has 2 saturated carbocycles. The third kappa shape index (κ3) is 2.29. The van der Waals surface area contributed by atoms with E-state index in [1.807, 2.05) is 0 Å². The van der Waals surface area contributed by atoms with E-state index in [0.717, 1.165) is 32.3 Å². The molecule has 0 spiro atoms. The molecule has 0 radical (unpaired) electrons. The standard InChI is InChI=1S/C15H24O3/c1-2-3-4-5-17-14-11-6-10-7-12(9-11)15(16)18-13(14)8-10/h10-14H,2-9H2,1H3. The highest BCUT2D eigenvalue weighted by atomic mass is 16.6. The lowest BCUT2D eigenvalue weighted by atomic mass is 9.67. The van der Waals surface area contributed by atoms with E-state index in [4.69, 9.17) is 9.47 Å². The molecule has 5 atom stereocenters. The summed E-state index contributed by atoms with van der Waals surface area (Å²) in [5.41, 5.74) is 0. The Kier molecular flexibility index (Phi) is 3.60. The van der Waals surface area contributed by atoms with E-state index in [2.05, 4.69) is 6.92 Å². The summed E-state index contributed by atoms with van der Waals surface area (Å²) in [5, 5.41) is 0. The van der Waals surface area contributed by atoms with Crippen LogP contribution in [0, 0.1) is 17.8 Å². The zero-order valence-electron chi connectivity index (χ0n) is 11.3. The molecular weight excluding hydrogens is 228 g/mol. The van der Waals surface area contributed by atoms with Crippen molar-refractivity contribution >= 4 is 5.97 Å². The Labute approximate surface area is 109 Å². The first-order chi connectivity index (χ1) is 8.78. The molecule has 4 bridgehead atoms. The highest BCUT2D eigenvalue weighted by Gasteiger charge is 2.50. The fraction of sp³-hybridized carbons (Fsp3) is 0.933. The van der Waals surface area contributed by atoms with Gasteiger partial charge in [-0.15, -0.1) is 0 Å². The summed E-state index contributed by atoms with van der Waals surface area (Å²) in [7, 11) is 0. The van der Waals surface area contributed by atoms with Crippen molar-refractivity contribution in [3.63, 3.8) is 0 Å². The molecule has 0 aromatic carbocycles. The Morgan fingerprint density at radius 2 is 2.11 bits per heavy atom. The van der Waals surface area contributed by atoms with Gasteiger partial charge in [0, 0.05) is 6.61 Å². The van der Waals surface area contributed by atoms with Gasteiger partial charge in [0.15, 0.2) is 0 Å². The zero-order chi connectivity index (χ0) is 12.5. The lowest BCUT2D eigenvalue weighted by Crippen LogP contribution is -2.44. The predicted octanol–water partition coefficient (Wildman–Crippen LogP) is 2.92. The highest BCUT2D eigenvalue weighted by molar-refractivity contribution is 5.73. The van der Waals surface area contributed by atoms with Crippen molar-refractivity contribution in [3.05, 3.63) is 0 Å². The van der Waals surface area contributed by atoms with Crippen LogP contribution >= 0.6 is 0 Å². The summed E-state index contributed by atoms with van der Waals surface area (Å²) in [6, 6.07) is 0. The van der Waals surface area contributed by atoms with Crippen molar-refractivity contribution in [3.8, 4) is 0 Å². The predicted molar refractivity (Wildman–Crippen MR) is 68.1 cm³/mol. The number of hydrogen-bond donors (Lipinski definition) is 0. The van der Waals surface area contributed by atoms with Crippen molar-refractivity contribution in [1.82, 2.24) is 0 Å². The van der Waals surface area contributed by atoms with Crippen LogP contribution in [0.2, 0.25) is 0 Å². The van der Waals surface area contributed by atoms with Crippen molar-refractivity contribution in [1.29, 1.82) is 0 Å². The Balaban J connectivity index is 1.63. The Bertz CT molecular complexity index is 315. The number of ether oxygens (including phenoxy) is 2. The van der Waals surface area contributed by atoms with Gasteiger partial charge >= 0.3 is 5.97 Å². The smallest absolute Gasteiger partial charge is 0.309 e. The summed E-state index contributed by atoms with van der Waals surface area (Å²) >= 11 is 0.